The molecule has 126 valence electrons. The third kappa shape index (κ3) is 3.92. The number of amides is 1. The van der Waals surface area contributed by atoms with Crippen LogP contribution in [0.5, 0.6) is 0 Å². The lowest BCUT2D eigenvalue weighted by molar-refractivity contribution is 0.0955. The number of hydrogen-bond donors (Lipinski definition) is 2. The van der Waals surface area contributed by atoms with E-state index in [9.17, 15) is 4.79 Å². The molecule has 1 aromatic carbocycles. The van der Waals surface area contributed by atoms with Crippen LogP contribution in [0.4, 0.5) is 5.82 Å². The molecule has 1 amide bonds. The minimum atomic E-state index is -0.164. The van der Waals surface area contributed by atoms with Gasteiger partial charge < -0.3 is 11.1 Å². The third-order valence-electron chi connectivity index (χ3n) is 3.42. The van der Waals surface area contributed by atoms with Crippen LogP contribution in [0.25, 0.3) is 10.8 Å². The highest BCUT2D eigenvalue weighted by atomic mass is 35.5. The lowest BCUT2D eigenvalue weighted by Crippen LogP contribution is -2.21. The summed E-state index contributed by atoms with van der Waals surface area (Å²) in [5, 5.41) is 5.31. The van der Waals surface area contributed by atoms with E-state index in [1.807, 2.05) is 24.3 Å². The Balaban J connectivity index is 0.00000208. The molecule has 0 saturated heterocycles. The van der Waals surface area contributed by atoms with Gasteiger partial charge in [-0.2, -0.15) is 0 Å². The molecule has 4 nitrogen and oxygen atoms in total. The minimum absolute atomic E-state index is 0. The maximum absolute atomic E-state index is 12.2. The van der Waals surface area contributed by atoms with Crippen molar-refractivity contribution in [1.29, 1.82) is 0 Å². The number of pyridine rings is 1. The number of nitrogens with two attached hydrogens (primary N) is 1. The third-order valence-corrected chi connectivity index (χ3v) is 5.42. The first-order valence-electron chi connectivity index (χ1n) is 6.84. The summed E-state index contributed by atoms with van der Waals surface area (Å²) in [6.45, 7) is 0.419. The number of nitrogen functional groups attached to an aromatic ring is 1. The van der Waals surface area contributed by atoms with Crippen LogP contribution in [0, 0.1) is 0 Å². The maximum atomic E-state index is 12.2. The molecule has 0 aliphatic carbocycles. The van der Waals surface area contributed by atoms with Crippen LogP contribution in [0.3, 0.4) is 0 Å². The Bertz CT molecular complexity index is 882. The molecule has 0 spiro atoms. The zero-order valence-electron chi connectivity index (χ0n) is 12.4. The molecular formula is C16H14Cl3N3OS. The highest BCUT2D eigenvalue weighted by molar-refractivity contribution is 7.14. The molecule has 0 saturated carbocycles. The number of nitrogens with zero attached hydrogens (tertiary/aromatic N) is 1. The average molecular weight is 403 g/mol. The van der Waals surface area contributed by atoms with Crippen molar-refractivity contribution in [3.63, 3.8) is 0 Å². The van der Waals surface area contributed by atoms with Crippen LogP contribution < -0.4 is 11.1 Å². The van der Waals surface area contributed by atoms with Gasteiger partial charge in [0.1, 0.15) is 5.82 Å². The summed E-state index contributed by atoms with van der Waals surface area (Å²) in [6, 6.07) is 9.35. The molecular weight excluding hydrogens is 389 g/mol. The van der Waals surface area contributed by atoms with Gasteiger partial charge in [-0.15, -0.1) is 35.3 Å². The van der Waals surface area contributed by atoms with Crippen molar-refractivity contribution >= 4 is 69.4 Å². The number of aromatic nitrogens is 1. The predicted octanol–water partition coefficient (Wildman–Crippen LogP) is 4.62. The van der Waals surface area contributed by atoms with Gasteiger partial charge in [-0.25, -0.2) is 4.98 Å². The molecule has 2 heterocycles. The van der Waals surface area contributed by atoms with E-state index in [2.05, 4.69) is 10.3 Å². The number of anilines is 1. The predicted molar refractivity (Wildman–Crippen MR) is 103 cm³/mol. The average Bonchev–Trinajstić information content (AvgIpc) is 2.94. The van der Waals surface area contributed by atoms with Crippen molar-refractivity contribution in [2.45, 2.75) is 12.4 Å². The summed E-state index contributed by atoms with van der Waals surface area (Å²) in [7, 11) is 0. The molecule has 3 aromatic rings. The molecule has 3 rings (SSSR count). The Kier molecular flexibility index (Phi) is 6.29. The van der Waals surface area contributed by atoms with Crippen molar-refractivity contribution < 1.29 is 4.79 Å². The minimum Gasteiger partial charge on any atom is -0.383 e. The highest BCUT2D eigenvalue weighted by Crippen LogP contribution is 2.28. The van der Waals surface area contributed by atoms with E-state index >= 15 is 0 Å². The number of carbonyl (C=O) groups excluding carboxylic acids is 1. The van der Waals surface area contributed by atoms with E-state index in [0.29, 0.717) is 28.1 Å². The van der Waals surface area contributed by atoms with E-state index in [4.69, 9.17) is 28.9 Å². The largest absolute Gasteiger partial charge is 0.383 e. The van der Waals surface area contributed by atoms with Crippen LogP contribution in [0.2, 0.25) is 5.02 Å². The molecule has 3 N–H and O–H groups in total. The zero-order valence-corrected chi connectivity index (χ0v) is 15.5. The lowest BCUT2D eigenvalue weighted by atomic mass is 10.1. The Morgan fingerprint density at radius 2 is 2.08 bits per heavy atom. The van der Waals surface area contributed by atoms with Gasteiger partial charge in [0.05, 0.1) is 15.8 Å². The van der Waals surface area contributed by atoms with Crippen molar-refractivity contribution in [3.8, 4) is 0 Å². The number of rotatable bonds is 4. The fourth-order valence-corrected chi connectivity index (χ4v) is 3.79. The molecule has 2 aromatic heterocycles. The zero-order chi connectivity index (χ0) is 16.4. The van der Waals surface area contributed by atoms with Gasteiger partial charge in [-0.3, -0.25) is 4.79 Å². The Labute approximate surface area is 159 Å². The highest BCUT2D eigenvalue weighted by Gasteiger charge is 2.13. The summed E-state index contributed by atoms with van der Waals surface area (Å²) in [4.78, 5) is 17.6. The second-order valence-corrected chi connectivity index (χ2v) is 6.76. The van der Waals surface area contributed by atoms with E-state index in [-0.39, 0.29) is 18.3 Å². The summed E-state index contributed by atoms with van der Waals surface area (Å²) in [6.07, 6.45) is 1.67. The van der Waals surface area contributed by atoms with E-state index in [1.165, 1.54) is 11.3 Å². The van der Waals surface area contributed by atoms with Crippen molar-refractivity contribution in [1.82, 2.24) is 10.3 Å². The second kappa shape index (κ2) is 8.03. The SMILES string of the molecule is Cl.Nc1nccc2cc(CNC(=O)c3cc(Cl)c(CCl)s3)ccc12. The maximum Gasteiger partial charge on any atom is 0.261 e. The summed E-state index contributed by atoms with van der Waals surface area (Å²) in [5.41, 5.74) is 6.81. The molecule has 0 aliphatic rings. The van der Waals surface area contributed by atoms with Gasteiger partial charge >= 0.3 is 0 Å². The van der Waals surface area contributed by atoms with E-state index in [0.717, 1.165) is 21.2 Å². The van der Waals surface area contributed by atoms with Gasteiger partial charge in [0, 0.05) is 23.0 Å². The molecule has 0 atom stereocenters. The number of halogens is 3. The first-order chi connectivity index (χ1) is 11.1. The first-order valence-corrected chi connectivity index (χ1v) is 8.57. The van der Waals surface area contributed by atoms with Crippen LogP contribution in [-0.2, 0) is 12.4 Å². The fraction of sp³-hybridized carbons (Fsp3) is 0.125. The van der Waals surface area contributed by atoms with E-state index < -0.39 is 0 Å². The number of thiophene rings is 1. The van der Waals surface area contributed by atoms with Gasteiger partial charge in [0.15, 0.2) is 0 Å². The summed E-state index contributed by atoms with van der Waals surface area (Å²) in [5.74, 6) is 0.638. The van der Waals surface area contributed by atoms with Crippen molar-refractivity contribution in [2.24, 2.45) is 0 Å². The quantitative estimate of drug-likeness (QED) is 0.626. The molecule has 0 fully saturated rings. The molecule has 24 heavy (non-hydrogen) atoms. The summed E-state index contributed by atoms with van der Waals surface area (Å²) >= 11 is 13.1. The summed E-state index contributed by atoms with van der Waals surface area (Å²) < 4.78 is 0. The number of hydrogen-bond acceptors (Lipinski definition) is 4. The van der Waals surface area contributed by atoms with Gasteiger partial charge in [-0.1, -0.05) is 23.7 Å². The second-order valence-electron chi connectivity index (χ2n) is 4.95. The molecule has 0 bridgehead atoms. The van der Waals surface area contributed by atoms with Crippen LogP contribution in [-0.4, -0.2) is 10.9 Å². The van der Waals surface area contributed by atoms with Crippen LogP contribution in [0.15, 0.2) is 36.5 Å². The Morgan fingerprint density at radius 1 is 1.29 bits per heavy atom. The Morgan fingerprint density at radius 3 is 2.79 bits per heavy atom. The molecule has 8 heteroatoms. The normalized spacial score (nSPS) is 10.4. The lowest BCUT2D eigenvalue weighted by Gasteiger charge is -2.06. The smallest absolute Gasteiger partial charge is 0.261 e. The monoisotopic (exact) mass is 401 g/mol. The fourth-order valence-electron chi connectivity index (χ4n) is 2.24. The number of nitrogens with one attached hydrogen (secondary N) is 1. The van der Waals surface area contributed by atoms with Crippen LogP contribution in [0.1, 0.15) is 20.1 Å². The number of alkyl halides is 1. The van der Waals surface area contributed by atoms with Gasteiger partial charge in [0.2, 0.25) is 0 Å². The topological polar surface area (TPSA) is 68.0 Å². The van der Waals surface area contributed by atoms with E-state index in [1.54, 1.807) is 12.3 Å². The standard InChI is InChI=1S/C16H13Cl2N3OS.ClH/c17-7-14-12(18)6-13(23-14)16(22)21-8-9-1-2-11-10(5-9)3-4-20-15(11)19;/h1-6H,7-8H2,(H2,19,20)(H,21,22);1H. The number of benzene rings is 1. The van der Waals surface area contributed by atoms with Crippen molar-refractivity contribution in [2.75, 3.05) is 5.73 Å². The first kappa shape index (κ1) is 18.8. The number of carbonyl (C=O) groups is 1. The van der Waals surface area contributed by atoms with Gasteiger partial charge in [0.25, 0.3) is 5.91 Å². The molecule has 0 aliphatic heterocycles. The molecule has 0 radical (unpaired) electrons. The Hall–Kier alpha value is -1.53. The van der Waals surface area contributed by atoms with Gasteiger partial charge in [-0.05, 0) is 29.1 Å². The van der Waals surface area contributed by atoms with Crippen molar-refractivity contribution in [3.05, 3.63) is 56.9 Å². The molecule has 0 unspecified atom stereocenters. The number of fused-ring (bicyclic) bond motifs is 1. The van der Waals surface area contributed by atoms with Crippen LogP contribution >= 0.6 is 46.9 Å².